The van der Waals surface area contributed by atoms with Crippen molar-refractivity contribution in [1.82, 2.24) is 9.88 Å². The van der Waals surface area contributed by atoms with Crippen LogP contribution in [0.25, 0.3) is 10.9 Å². The van der Waals surface area contributed by atoms with Gasteiger partial charge in [0, 0.05) is 33.6 Å². The van der Waals surface area contributed by atoms with Gasteiger partial charge >= 0.3 is 0 Å². The van der Waals surface area contributed by atoms with Crippen molar-refractivity contribution in [1.29, 1.82) is 0 Å². The zero-order valence-electron chi connectivity index (χ0n) is 19.0. The number of hydrogen-bond acceptors (Lipinski definition) is 5. The van der Waals surface area contributed by atoms with Crippen molar-refractivity contribution in [2.75, 3.05) is 13.4 Å². The number of ether oxygens (including phenoxy) is 3. The molecule has 0 unspecified atom stereocenters. The standard InChI is InChI=1S/C27H23ClN2O5/c1-2-33-22-7-8-23-19(13-22)11-20(26(31)29-23)15-30(27(32)18-4-3-5-21(28)12-18)14-17-6-9-24-25(10-17)35-16-34-24/h3-13H,2,14-16H2,1H3,(H,29,31). The van der Waals surface area contributed by atoms with E-state index in [1.165, 1.54) is 0 Å². The molecule has 0 spiro atoms. The molecule has 0 radical (unpaired) electrons. The van der Waals surface area contributed by atoms with Gasteiger partial charge in [0.2, 0.25) is 6.79 Å². The molecular formula is C27H23ClN2O5. The molecule has 5 rings (SSSR count). The minimum atomic E-state index is -0.253. The van der Waals surface area contributed by atoms with E-state index in [9.17, 15) is 9.59 Å². The van der Waals surface area contributed by atoms with E-state index in [4.69, 9.17) is 25.8 Å². The molecule has 0 fully saturated rings. The first kappa shape index (κ1) is 22.8. The van der Waals surface area contributed by atoms with Crippen LogP contribution in [-0.4, -0.2) is 29.2 Å². The summed E-state index contributed by atoms with van der Waals surface area (Å²) in [4.78, 5) is 31.0. The van der Waals surface area contributed by atoms with E-state index >= 15 is 0 Å². The van der Waals surface area contributed by atoms with Crippen LogP contribution in [0, 0.1) is 0 Å². The molecule has 1 aliphatic heterocycles. The summed E-state index contributed by atoms with van der Waals surface area (Å²) >= 11 is 6.14. The first-order valence-corrected chi connectivity index (χ1v) is 11.6. The van der Waals surface area contributed by atoms with Crippen LogP contribution in [0.5, 0.6) is 17.2 Å². The topological polar surface area (TPSA) is 80.9 Å². The Balaban J connectivity index is 1.51. The second-order valence-corrected chi connectivity index (χ2v) is 8.60. The van der Waals surface area contributed by atoms with Gasteiger partial charge in [-0.25, -0.2) is 0 Å². The first-order chi connectivity index (χ1) is 17.0. The average molecular weight is 491 g/mol. The summed E-state index contributed by atoms with van der Waals surface area (Å²) in [6, 6.07) is 19.6. The van der Waals surface area contributed by atoms with E-state index in [-0.39, 0.29) is 31.3 Å². The molecule has 2 heterocycles. The molecule has 0 bridgehead atoms. The maximum atomic E-state index is 13.5. The van der Waals surface area contributed by atoms with Crippen LogP contribution in [0.3, 0.4) is 0 Å². The smallest absolute Gasteiger partial charge is 0.254 e. The number of pyridine rings is 1. The monoisotopic (exact) mass is 490 g/mol. The van der Waals surface area contributed by atoms with Gasteiger partial charge in [-0.15, -0.1) is 0 Å². The van der Waals surface area contributed by atoms with E-state index in [1.54, 1.807) is 35.2 Å². The summed E-state index contributed by atoms with van der Waals surface area (Å²) in [5.41, 5.74) is 2.19. The number of halogens is 1. The fourth-order valence-electron chi connectivity index (χ4n) is 4.07. The zero-order valence-corrected chi connectivity index (χ0v) is 19.8. The van der Waals surface area contributed by atoms with Crippen LogP contribution < -0.4 is 19.8 Å². The number of carbonyl (C=O) groups is 1. The van der Waals surface area contributed by atoms with E-state index in [0.29, 0.717) is 45.5 Å². The summed E-state index contributed by atoms with van der Waals surface area (Å²) in [6.07, 6.45) is 0. The molecule has 1 N–H and O–H groups in total. The van der Waals surface area contributed by atoms with Gasteiger partial charge in [0.05, 0.1) is 13.2 Å². The van der Waals surface area contributed by atoms with Crippen molar-refractivity contribution in [2.24, 2.45) is 0 Å². The highest BCUT2D eigenvalue weighted by Crippen LogP contribution is 2.33. The fourth-order valence-corrected chi connectivity index (χ4v) is 4.26. The lowest BCUT2D eigenvalue weighted by molar-refractivity contribution is 0.0729. The molecule has 7 nitrogen and oxygen atoms in total. The maximum absolute atomic E-state index is 13.5. The van der Waals surface area contributed by atoms with Crippen LogP contribution in [0.15, 0.2) is 71.5 Å². The van der Waals surface area contributed by atoms with E-state index in [2.05, 4.69) is 4.98 Å². The molecule has 3 aromatic carbocycles. The lowest BCUT2D eigenvalue weighted by Crippen LogP contribution is -2.32. The van der Waals surface area contributed by atoms with Crippen LogP contribution in [0.2, 0.25) is 5.02 Å². The van der Waals surface area contributed by atoms with Gasteiger partial charge in [-0.1, -0.05) is 23.7 Å². The number of nitrogens with zero attached hydrogens (tertiary/aromatic N) is 1. The van der Waals surface area contributed by atoms with Gasteiger partial charge < -0.3 is 24.1 Å². The number of hydrogen-bond donors (Lipinski definition) is 1. The van der Waals surface area contributed by atoms with E-state index in [0.717, 1.165) is 10.9 Å². The van der Waals surface area contributed by atoms with Gasteiger partial charge in [0.15, 0.2) is 11.5 Å². The summed E-state index contributed by atoms with van der Waals surface area (Å²) in [7, 11) is 0. The molecule has 1 aliphatic rings. The number of rotatable bonds is 7. The second-order valence-electron chi connectivity index (χ2n) is 8.16. The number of aromatic amines is 1. The van der Waals surface area contributed by atoms with Gasteiger partial charge in [0.1, 0.15) is 5.75 Å². The Labute approximate surface area is 206 Å². The van der Waals surface area contributed by atoms with Crippen molar-refractivity contribution >= 4 is 28.4 Å². The number of aromatic nitrogens is 1. The number of carbonyl (C=O) groups excluding carboxylic acids is 1. The SMILES string of the molecule is CCOc1ccc2[nH]c(=O)c(CN(Cc3ccc4c(c3)OCO4)C(=O)c3cccc(Cl)c3)cc2c1. The minimum Gasteiger partial charge on any atom is -0.494 e. The lowest BCUT2D eigenvalue weighted by atomic mass is 10.1. The van der Waals surface area contributed by atoms with Crippen molar-refractivity contribution in [2.45, 2.75) is 20.0 Å². The summed E-state index contributed by atoms with van der Waals surface area (Å²) < 4.78 is 16.5. The average Bonchev–Trinajstić information content (AvgIpc) is 3.32. The van der Waals surface area contributed by atoms with Crippen molar-refractivity contribution < 1.29 is 19.0 Å². The third-order valence-electron chi connectivity index (χ3n) is 5.73. The third kappa shape index (κ3) is 4.95. The van der Waals surface area contributed by atoms with E-state index in [1.807, 2.05) is 43.3 Å². The number of H-pyrrole nitrogens is 1. The number of fused-ring (bicyclic) bond motifs is 2. The molecule has 0 atom stereocenters. The van der Waals surface area contributed by atoms with Gasteiger partial charge in [-0.3, -0.25) is 9.59 Å². The Kier molecular flexibility index (Phi) is 6.33. The highest BCUT2D eigenvalue weighted by atomic mass is 35.5. The molecule has 4 aromatic rings. The fraction of sp³-hybridized carbons (Fsp3) is 0.185. The van der Waals surface area contributed by atoms with Crippen molar-refractivity contribution in [3.05, 3.63) is 98.8 Å². The van der Waals surface area contributed by atoms with Crippen LogP contribution in [-0.2, 0) is 13.1 Å². The Morgan fingerprint density at radius 3 is 2.71 bits per heavy atom. The molecule has 1 aromatic heterocycles. The van der Waals surface area contributed by atoms with Gasteiger partial charge in [0.25, 0.3) is 11.5 Å². The Hall–Kier alpha value is -3.97. The largest absolute Gasteiger partial charge is 0.494 e. The van der Waals surface area contributed by atoms with Crippen molar-refractivity contribution in [3.8, 4) is 17.2 Å². The predicted molar refractivity (Wildman–Crippen MR) is 133 cm³/mol. The Bertz CT molecular complexity index is 1470. The number of amides is 1. The molecule has 35 heavy (non-hydrogen) atoms. The normalized spacial score (nSPS) is 12.1. The highest BCUT2D eigenvalue weighted by molar-refractivity contribution is 6.30. The van der Waals surface area contributed by atoms with Gasteiger partial charge in [-0.05, 0) is 67.1 Å². The Morgan fingerprint density at radius 1 is 1.03 bits per heavy atom. The summed E-state index contributed by atoms with van der Waals surface area (Å²) in [6.45, 7) is 2.99. The summed E-state index contributed by atoms with van der Waals surface area (Å²) in [5, 5.41) is 1.29. The molecule has 0 saturated heterocycles. The first-order valence-electron chi connectivity index (χ1n) is 11.2. The van der Waals surface area contributed by atoms with Crippen LogP contribution in [0.1, 0.15) is 28.4 Å². The third-order valence-corrected chi connectivity index (χ3v) is 5.97. The molecule has 8 heteroatoms. The Morgan fingerprint density at radius 2 is 1.89 bits per heavy atom. The molecule has 1 amide bonds. The quantitative estimate of drug-likeness (QED) is 0.387. The highest BCUT2D eigenvalue weighted by Gasteiger charge is 2.21. The molecular weight excluding hydrogens is 468 g/mol. The van der Waals surface area contributed by atoms with Crippen LogP contribution >= 0.6 is 11.6 Å². The van der Waals surface area contributed by atoms with E-state index < -0.39 is 0 Å². The molecule has 0 saturated carbocycles. The summed E-state index contributed by atoms with van der Waals surface area (Å²) in [5.74, 6) is 1.76. The zero-order chi connectivity index (χ0) is 24.4. The molecule has 178 valence electrons. The number of benzene rings is 3. The minimum absolute atomic E-state index is 0.101. The maximum Gasteiger partial charge on any atom is 0.254 e. The lowest BCUT2D eigenvalue weighted by Gasteiger charge is -2.23. The predicted octanol–water partition coefficient (Wildman–Crippen LogP) is 5.15. The number of nitrogens with one attached hydrogen (secondary N) is 1. The van der Waals surface area contributed by atoms with Gasteiger partial charge in [-0.2, -0.15) is 0 Å². The van der Waals surface area contributed by atoms with Crippen molar-refractivity contribution in [3.63, 3.8) is 0 Å². The second kappa shape index (κ2) is 9.72. The molecule has 0 aliphatic carbocycles. The van der Waals surface area contributed by atoms with Crippen LogP contribution in [0.4, 0.5) is 0 Å².